The van der Waals surface area contributed by atoms with Gasteiger partial charge >= 0.3 is 0 Å². The molecule has 0 spiro atoms. The van der Waals surface area contributed by atoms with E-state index < -0.39 is 27.4 Å². The molecule has 0 heterocycles. The van der Waals surface area contributed by atoms with Gasteiger partial charge in [0.2, 0.25) is 0 Å². The molecule has 0 aliphatic heterocycles. The molecule has 0 atom stereocenters. The van der Waals surface area contributed by atoms with E-state index in [-0.39, 0.29) is 5.56 Å². The van der Waals surface area contributed by atoms with Gasteiger partial charge in [-0.05, 0) is 6.07 Å². The summed E-state index contributed by atoms with van der Waals surface area (Å²) in [5.41, 5.74) is -0.0394. The molecule has 0 aromatic heterocycles. The molecule has 5 nitrogen and oxygen atoms in total. The van der Waals surface area contributed by atoms with E-state index in [0.29, 0.717) is 0 Å². The van der Waals surface area contributed by atoms with Crippen LogP contribution >= 0.6 is 0 Å². The van der Waals surface area contributed by atoms with Gasteiger partial charge in [0.1, 0.15) is 5.75 Å². The number of para-hydroxylation sites is 1. The maximum atomic E-state index is 10.4. The lowest BCUT2D eigenvalue weighted by atomic mass is 10.2. The molecule has 0 aliphatic rings. The number of phenols is 2. The smallest absolute Gasteiger partial charge is 0.269 e. The number of hydrogen-bond donors (Lipinski definition) is 3. The third-order valence-corrected chi connectivity index (χ3v) is 2.11. The Labute approximate surface area is 75.0 Å². The molecule has 0 radical (unpaired) electrons. The lowest BCUT2D eigenvalue weighted by molar-refractivity contribution is 0.399. The average Bonchev–Trinajstić information content (AvgIpc) is 1.96. The van der Waals surface area contributed by atoms with Crippen molar-refractivity contribution >= 4 is 10.1 Å². The Balaban J connectivity index is 3.10. The molecule has 0 unspecified atom stereocenters. The average molecular weight is 204 g/mol. The summed E-state index contributed by atoms with van der Waals surface area (Å²) in [6, 6.07) is 3.88. The minimum atomic E-state index is -4.19. The summed E-state index contributed by atoms with van der Waals surface area (Å²) < 4.78 is 29.3. The first-order valence-corrected chi connectivity index (χ1v) is 4.96. The summed E-state index contributed by atoms with van der Waals surface area (Å²) >= 11 is 0. The van der Waals surface area contributed by atoms with E-state index in [1.165, 1.54) is 18.2 Å². The van der Waals surface area contributed by atoms with Crippen molar-refractivity contribution in [3.63, 3.8) is 0 Å². The second-order valence-electron chi connectivity index (χ2n) is 2.51. The minimum Gasteiger partial charge on any atom is -0.504 e. The Kier molecular flexibility index (Phi) is 2.44. The third-order valence-electron chi connectivity index (χ3n) is 1.44. The summed E-state index contributed by atoms with van der Waals surface area (Å²) in [6.45, 7) is 0. The molecule has 0 saturated carbocycles. The van der Waals surface area contributed by atoms with E-state index in [1.54, 1.807) is 0 Å². The molecule has 1 rings (SSSR count). The Morgan fingerprint density at radius 1 is 1.23 bits per heavy atom. The lowest BCUT2D eigenvalue weighted by Crippen LogP contribution is -2.01. The van der Waals surface area contributed by atoms with Crippen LogP contribution in [0, 0.1) is 0 Å². The van der Waals surface area contributed by atoms with Crippen molar-refractivity contribution in [3.05, 3.63) is 23.8 Å². The molecule has 0 fully saturated rings. The summed E-state index contributed by atoms with van der Waals surface area (Å²) in [4.78, 5) is 0. The largest absolute Gasteiger partial charge is 0.504 e. The molecule has 6 heteroatoms. The first kappa shape index (κ1) is 9.82. The first-order chi connectivity index (χ1) is 5.90. The van der Waals surface area contributed by atoms with Gasteiger partial charge in [0.25, 0.3) is 10.1 Å². The molecule has 13 heavy (non-hydrogen) atoms. The Morgan fingerprint density at radius 2 is 1.85 bits per heavy atom. The van der Waals surface area contributed by atoms with E-state index in [4.69, 9.17) is 14.8 Å². The standard InChI is InChI=1S/C7H8O5S/c8-6-3-1-2-5(7(6)9)4-13(10,11)12/h1-3,8-9H,4H2,(H,10,11,12). The predicted molar refractivity (Wildman–Crippen MR) is 45.0 cm³/mol. The molecule has 1 aromatic carbocycles. The van der Waals surface area contributed by atoms with Crippen LogP contribution in [-0.2, 0) is 15.9 Å². The van der Waals surface area contributed by atoms with Gasteiger partial charge < -0.3 is 10.2 Å². The fourth-order valence-electron chi connectivity index (χ4n) is 0.891. The van der Waals surface area contributed by atoms with E-state index in [0.717, 1.165) is 0 Å². The zero-order chi connectivity index (χ0) is 10.1. The van der Waals surface area contributed by atoms with Crippen LogP contribution in [0.2, 0.25) is 0 Å². The van der Waals surface area contributed by atoms with Gasteiger partial charge in [-0.1, -0.05) is 12.1 Å². The SMILES string of the molecule is O=S(=O)(O)Cc1cccc(O)c1O. The van der Waals surface area contributed by atoms with Crippen molar-refractivity contribution in [3.8, 4) is 11.5 Å². The first-order valence-electron chi connectivity index (χ1n) is 3.35. The molecule has 3 N–H and O–H groups in total. The highest BCUT2D eigenvalue weighted by Crippen LogP contribution is 2.29. The van der Waals surface area contributed by atoms with E-state index in [9.17, 15) is 8.42 Å². The van der Waals surface area contributed by atoms with Crippen molar-refractivity contribution in [2.24, 2.45) is 0 Å². The van der Waals surface area contributed by atoms with Gasteiger partial charge in [0, 0.05) is 5.56 Å². The third kappa shape index (κ3) is 2.60. The monoisotopic (exact) mass is 204 g/mol. The van der Waals surface area contributed by atoms with Crippen LogP contribution in [0.1, 0.15) is 5.56 Å². The molecule has 0 bridgehead atoms. The maximum Gasteiger partial charge on any atom is 0.269 e. The Hall–Kier alpha value is -1.27. The summed E-state index contributed by atoms with van der Waals surface area (Å²) in [5, 5.41) is 18.1. The number of hydrogen-bond acceptors (Lipinski definition) is 4. The minimum absolute atomic E-state index is 0.0394. The normalized spacial score (nSPS) is 11.5. The zero-order valence-corrected chi connectivity index (χ0v) is 7.32. The Morgan fingerprint density at radius 3 is 2.38 bits per heavy atom. The van der Waals surface area contributed by atoms with Crippen LogP contribution in [0.5, 0.6) is 11.5 Å². The van der Waals surface area contributed by atoms with Gasteiger partial charge in [-0.3, -0.25) is 4.55 Å². The van der Waals surface area contributed by atoms with Gasteiger partial charge in [0.05, 0.1) is 0 Å². The van der Waals surface area contributed by atoms with Gasteiger partial charge in [0.15, 0.2) is 11.5 Å². The number of rotatable bonds is 2. The summed E-state index contributed by atoms with van der Waals surface area (Å²) in [6.07, 6.45) is 0. The molecule has 0 aliphatic carbocycles. The van der Waals surface area contributed by atoms with Gasteiger partial charge in [-0.15, -0.1) is 0 Å². The number of phenolic OH excluding ortho intramolecular Hbond substituents is 2. The second kappa shape index (κ2) is 3.23. The highest BCUT2D eigenvalue weighted by Gasteiger charge is 2.12. The van der Waals surface area contributed by atoms with Crippen LogP contribution in [0.25, 0.3) is 0 Å². The fraction of sp³-hybridized carbons (Fsp3) is 0.143. The summed E-state index contributed by atoms with van der Waals surface area (Å²) in [7, 11) is -4.19. The van der Waals surface area contributed by atoms with Gasteiger partial charge in [-0.25, -0.2) is 0 Å². The Bertz CT molecular complexity index is 409. The fourth-order valence-corrected chi connectivity index (χ4v) is 1.52. The van der Waals surface area contributed by atoms with Crippen molar-refractivity contribution < 1.29 is 23.2 Å². The highest BCUT2D eigenvalue weighted by atomic mass is 32.2. The molecule has 0 saturated heterocycles. The molecular weight excluding hydrogens is 196 g/mol. The van der Waals surface area contributed by atoms with Crippen LogP contribution in [0.3, 0.4) is 0 Å². The van der Waals surface area contributed by atoms with Crippen molar-refractivity contribution in [2.75, 3.05) is 0 Å². The zero-order valence-electron chi connectivity index (χ0n) is 6.51. The molecule has 1 aromatic rings. The lowest BCUT2D eigenvalue weighted by Gasteiger charge is -2.03. The number of aromatic hydroxyl groups is 2. The second-order valence-corrected chi connectivity index (χ2v) is 3.96. The van der Waals surface area contributed by atoms with Crippen molar-refractivity contribution in [1.29, 1.82) is 0 Å². The van der Waals surface area contributed by atoms with Crippen LogP contribution < -0.4 is 0 Å². The molecular formula is C7H8O5S. The highest BCUT2D eigenvalue weighted by molar-refractivity contribution is 7.85. The van der Waals surface area contributed by atoms with Crippen LogP contribution in [-0.4, -0.2) is 23.2 Å². The maximum absolute atomic E-state index is 10.4. The van der Waals surface area contributed by atoms with Crippen molar-refractivity contribution in [2.45, 2.75) is 5.75 Å². The predicted octanol–water partition coefficient (Wildman–Crippen LogP) is 0.486. The van der Waals surface area contributed by atoms with Crippen LogP contribution in [0.4, 0.5) is 0 Å². The number of benzene rings is 1. The van der Waals surface area contributed by atoms with Gasteiger partial charge in [-0.2, -0.15) is 8.42 Å². The van der Waals surface area contributed by atoms with Crippen molar-refractivity contribution in [1.82, 2.24) is 0 Å². The molecule has 0 amide bonds. The summed E-state index contributed by atoms with van der Waals surface area (Å²) in [5.74, 6) is -1.66. The van der Waals surface area contributed by atoms with E-state index >= 15 is 0 Å². The quantitative estimate of drug-likeness (QED) is 0.481. The topological polar surface area (TPSA) is 94.8 Å². The molecule has 72 valence electrons. The van der Waals surface area contributed by atoms with Crippen LogP contribution in [0.15, 0.2) is 18.2 Å². The van der Waals surface area contributed by atoms with E-state index in [2.05, 4.69) is 0 Å². The van der Waals surface area contributed by atoms with E-state index in [1.807, 2.05) is 0 Å².